The van der Waals surface area contributed by atoms with Crippen LogP contribution in [0.2, 0.25) is 0 Å². The average molecular weight is 353 g/mol. The quantitative estimate of drug-likeness (QED) is 0.621. The van der Waals surface area contributed by atoms with Crippen LogP contribution in [0.1, 0.15) is 29.5 Å². The van der Waals surface area contributed by atoms with E-state index in [2.05, 4.69) is 4.98 Å². The maximum absolute atomic E-state index is 11.8. The summed E-state index contributed by atoms with van der Waals surface area (Å²) in [5.41, 5.74) is 3.30. The fourth-order valence-corrected chi connectivity index (χ4v) is 3.71. The van der Waals surface area contributed by atoms with E-state index in [0.29, 0.717) is 23.9 Å². The van der Waals surface area contributed by atoms with Gasteiger partial charge in [-0.3, -0.25) is 4.90 Å². The number of carbonyl (C=O) groups is 1. The lowest BCUT2D eigenvalue weighted by Crippen LogP contribution is -2.32. The van der Waals surface area contributed by atoms with Gasteiger partial charge in [-0.2, -0.15) is 0 Å². The summed E-state index contributed by atoms with van der Waals surface area (Å²) in [5, 5.41) is 9.65. The second-order valence-corrected chi connectivity index (χ2v) is 6.57. The summed E-state index contributed by atoms with van der Waals surface area (Å²) in [6.45, 7) is 0.552. The van der Waals surface area contributed by atoms with Crippen molar-refractivity contribution in [1.29, 1.82) is 0 Å². The molecule has 0 bridgehead atoms. The fourth-order valence-electron chi connectivity index (χ4n) is 2.77. The predicted molar refractivity (Wildman–Crippen MR) is 91.0 cm³/mol. The molecule has 1 aliphatic carbocycles. The number of nitrogens with zero attached hydrogens (tertiary/aromatic N) is 2. The molecule has 1 aromatic heterocycles. The Bertz CT molecular complexity index is 674. The van der Waals surface area contributed by atoms with Gasteiger partial charge in [0.2, 0.25) is 0 Å². The van der Waals surface area contributed by atoms with Gasteiger partial charge in [0.25, 0.3) is 0 Å². The number of anilines is 1. The first kappa shape index (κ1) is 16.1. The van der Waals surface area contributed by atoms with Crippen molar-refractivity contribution >= 4 is 34.7 Å². The highest BCUT2D eigenvalue weighted by molar-refractivity contribution is 7.09. The van der Waals surface area contributed by atoms with Gasteiger partial charge in [0.15, 0.2) is 0 Å². The van der Waals surface area contributed by atoms with Crippen molar-refractivity contribution in [2.75, 3.05) is 17.4 Å². The van der Waals surface area contributed by atoms with Crippen molar-refractivity contribution in [1.82, 2.24) is 4.98 Å². The van der Waals surface area contributed by atoms with E-state index < -0.39 is 6.09 Å². The smallest absolute Gasteiger partial charge is 0.412 e. The molecule has 1 aliphatic rings. The van der Waals surface area contributed by atoms with E-state index in [4.69, 9.17) is 16.3 Å². The van der Waals surface area contributed by atoms with Gasteiger partial charge in [-0.25, -0.2) is 9.78 Å². The molecule has 7 heteroatoms. The van der Waals surface area contributed by atoms with Crippen LogP contribution in [0.25, 0.3) is 0 Å². The van der Waals surface area contributed by atoms with Gasteiger partial charge in [-0.15, -0.1) is 22.9 Å². The number of thiazole rings is 1. The molecular weight excluding hydrogens is 336 g/mol. The van der Waals surface area contributed by atoms with Crippen LogP contribution in [0.4, 0.5) is 10.5 Å². The standard InChI is InChI=1S/C16H17ClN2O3S/c17-8-1-9-22-12-4-2-11(3-5-12)19(16(20)21)13-6-7-14-15(13)18-10-23-14/h2-5,10,13H,1,6-9H2,(H,20,21). The Hall–Kier alpha value is -1.79. The van der Waals surface area contributed by atoms with Crippen molar-refractivity contribution in [2.24, 2.45) is 0 Å². The average Bonchev–Trinajstić information content (AvgIpc) is 3.14. The van der Waals surface area contributed by atoms with Crippen molar-refractivity contribution < 1.29 is 14.6 Å². The number of carboxylic acid groups (broad SMARTS) is 1. The molecule has 23 heavy (non-hydrogen) atoms. The van der Waals surface area contributed by atoms with E-state index in [1.807, 2.05) is 0 Å². The van der Waals surface area contributed by atoms with E-state index in [1.165, 1.54) is 9.78 Å². The van der Waals surface area contributed by atoms with Gasteiger partial charge < -0.3 is 9.84 Å². The summed E-state index contributed by atoms with van der Waals surface area (Å²) in [7, 11) is 0. The van der Waals surface area contributed by atoms with Crippen LogP contribution < -0.4 is 9.64 Å². The molecule has 1 amide bonds. The molecule has 122 valence electrons. The normalized spacial score (nSPS) is 16.1. The monoisotopic (exact) mass is 352 g/mol. The van der Waals surface area contributed by atoms with Crippen LogP contribution in [-0.2, 0) is 6.42 Å². The highest BCUT2D eigenvalue weighted by atomic mass is 35.5. The number of benzene rings is 1. The lowest BCUT2D eigenvalue weighted by molar-refractivity contribution is 0.198. The maximum Gasteiger partial charge on any atom is 0.412 e. The van der Waals surface area contributed by atoms with Crippen LogP contribution in [0.3, 0.4) is 0 Å². The molecule has 0 saturated heterocycles. The maximum atomic E-state index is 11.8. The van der Waals surface area contributed by atoms with E-state index in [0.717, 1.165) is 25.0 Å². The van der Waals surface area contributed by atoms with E-state index in [-0.39, 0.29) is 6.04 Å². The van der Waals surface area contributed by atoms with Crippen LogP contribution in [0, 0.1) is 0 Å². The molecule has 0 aliphatic heterocycles. The topological polar surface area (TPSA) is 62.7 Å². The zero-order valence-electron chi connectivity index (χ0n) is 12.4. The van der Waals surface area contributed by atoms with Crippen LogP contribution in [0.15, 0.2) is 29.8 Å². The Morgan fingerprint density at radius 3 is 2.91 bits per heavy atom. The SMILES string of the molecule is O=C(O)N(c1ccc(OCCCCl)cc1)C1CCc2scnc21. The molecule has 0 fully saturated rings. The summed E-state index contributed by atoms with van der Waals surface area (Å²) in [4.78, 5) is 18.7. The van der Waals surface area contributed by atoms with Crippen LogP contribution >= 0.6 is 22.9 Å². The number of aromatic nitrogens is 1. The number of amides is 1. The fraction of sp³-hybridized carbons (Fsp3) is 0.375. The Morgan fingerprint density at radius 1 is 1.43 bits per heavy atom. The Kier molecular flexibility index (Phi) is 5.03. The number of aryl methyl sites for hydroxylation is 1. The molecule has 1 aromatic carbocycles. The molecule has 1 N–H and O–H groups in total. The number of hydrogen-bond donors (Lipinski definition) is 1. The molecule has 0 spiro atoms. The molecule has 0 saturated carbocycles. The van der Waals surface area contributed by atoms with Gasteiger partial charge in [-0.1, -0.05) is 0 Å². The van der Waals surface area contributed by atoms with Crippen molar-refractivity contribution in [3.63, 3.8) is 0 Å². The minimum absolute atomic E-state index is 0.211. The lowest BCUT2D eigenvalue weighted by atomic mass is 10.1. The Morgan fingerprint density at radius 2 is 2.22 bits per heavy atom. The molecule has 5 nitrogen and oxygen atoms in total. The van der Waals surface area contributed by atoms with Crippen molar-refractivity contribution in [3.8, 4) is 5.75 Å². The number of halogens is 1. The molecule has 0 radical (unpaired) electrons. The number of ether oxygens (including phenoxy) is 1. The van der Waals surface area contributed by atoms with Gasteiger partial charge in [0, 0.05) is 16.4 Å². The lowest BCUT2D eigenvalue weighted by Gasteiger charge is -2.26. The second kappa shape index (κ2) is 7.19. The molecule has 2 aromatic rings. The number of hydrogen-bond acceptors (Lipinski definition) is 4. The molecule has 3 rings (SSSR count). The van der Waals surface area contributed by atoms with E-state index in [9.17, 15) is 9.90 Å². The molecule has 1 atom stereocenters. The van der Waals surface area contributed by atoms with Crippen LogP contribution in [-0.4, -0.2) is 28.7 Å². The Labute approximate surface area is 143 Å². The third-order valence-electron chi connectivity index (χ3n) is 3.81. The number of alkyl halides is 1. The van der Waals surface area contributed by atoms with Crippen LogP contribution in [0.5, 0.6) is 5.75 Å². The highest BCUT2D eigenvalue weighted by Gasteiger charge is 2.34. The van der Waals surface area contributed by atoms with E-state index >= 15 is 0 Å². The third-order valence-corrected chi connectivity index (χ3v) is 4.99. The Balaban J connectivity index is 1.78. The number of rotatable bonds is 6. The van der Waals surface area contributed by atoms with Gasteiger partial charge in [0.05, 0.1) is 23.9 Å². The molecular formula is C16H17ClN2O3S. The minimum atomic E-state index is -0.966. The summed E-state index contributed by atoms with van der Waals surface area (Å²) < 4.78 is 5.55. The minimum Gasteiger partial charge on any atom is -0.494 e. The highest BCUT2D eigenvalue weighted by Crippen LogP contribution is 2.39. The van der Waals surface area contributed by atoms with Crippen molar-refractivity contribution in [3.05, 3.63) is 40.3 Å². The van der Waals surface area contributed by atoms with Crippen molar-refractivity contribution in [2.45, 2.75) is 25.3 Å². The summed E-state index contributed by atoms with van der Waals surface area (Å²) in [6.07, 6.45) is 1.47. The largest absolute Gasteiger partial charge is 0.494 e. The second-order valence-electron chi connectivity index (χ2n) is 5.25. The predicted octanol–water partition coefficient (Wildman–Crippen LogP) is 4.32. The first-order chi connectivity index (χ1) is 11.2. The first-order valence-electron chi connectivity index (χ1n) is 7.44. The van der Waals surface area contributed by atoms with Gasteiger partial charge >= 0.3 is 6.09 Å². The summed E-state index contributed by atoms with van der Waals surface area (Å²) >= 11 is 7.21. The third kappa shape index (κ3) is 3.43. The van der Waals surface area contributed by atoms with Gasteiger partial charge in [-0.05, 0) is 43.5 Å². The summed E-state index contributed by atoms with van der Waals surface area (Å²) in [6, 6.07) is 6.91. The first-order valence-corrected chi connectivity index (χ1v) is 8.85. The molecule has 1 heterocycles. The molecule has 1 unspecified atom stereocenters. The summed E-state index contributed by atoms with van der Waals surface area (Å²) in [5.74, 6) is 1.27. The van der Waals surface area contributed by atoms with E-state index in [1.54, 1.807) is 41.1 Å². The van der Waals surface area contributed by atoms with Gasteiger partial charge in [0.1, 0.15) is 5.75 Å². The number of fused-ring (bicyclic) bond motifs is 1. The zero-order valence-corrected chi connectivity index (χ0v) is 14.0. The zero-order chi connectivity index (χ0) is 16.2.